The Balaban J connectivity index is 2.76. The summed E-state index contributed by atoms with van der Waals surface area (Å²) in [7, 11) is 0. The highest BCUT2D eigenvalue weighted by Gasteiger charge is 2.19. The van der Waals surface area contributed by atoms with Crippen LogP contribution in [0.2, 0.25) is 5.02 Å². The van der Waals surface area contributed by atoms with Crippen LogP contribution in [0.1, 0.15) is 32.0 Å². The van der Waals surface area contributed by atoms with Gasteiger partial charge in [-0.3, -0.25) is 5.10 Å². The van der Waals surface area contributed by atoms with Crippen LogP contribution in [0.4, 0.5) is 0 Å². The molecule has 0 radical (unpaired) electrons. The van der Waals surface area contributed by atoms with Crippen molar-refractivity contribution in [2.45, 2.75) is 33.1 Å². The zero-order chi connectivity index (χ0) is 11.2. The molecule has 0 bridgehead atoms. The van der Waals surface area contributed by atoms with Crippen molar-refractivity contribution in [3.8, 4) is 0 Å². The van der Waals surface area contributed by atoms with E-state index >= 15 is 0 Å². The fraction of sp³-hybridized carbons (Fsp3) is 0.417. The molecule has 0 aliphatic heterocycles. The number of aromatic amines is 1. The molecule has 0 aliphatic carbocycles. The van der Waals surface area contributed by atoms with E-state index in [2.05, 4.69) is 37.0 Å². The van der Waals surface area contributed by atoms with Gasteiger partial charge in [-0.15, -0.1) is 0 Å². The summed E-state index contributed by atoms with van der Waals surface area (Å²) in [4.78, 5) is 0. The smallest absolute Gasteiger partial charge is 0.0938 e. The number of benzene rings is 1. The van der Waals surface area contributed by atoms with Crippen molar-refractivity contribution in [2.24, 2.45) is 0 Å². The van der Waals surface area contributed by atoms with E-state index in [1.807, 2.05) is 13.0 Å². The Morgan fingerprint density at radius 2 is 1.93 bits per heavy atom. The predicted molar refractivity (Wildman–Crippen MR) is 64.5 cm³/mol. The molecule has 3 heteroatoms. The SMILES string of the molecule is Cc1[nH]nc2cc(Cl)c(C(C)(C)C)cc12. The van der Waals surface area contributed by atoms with Crippen LogP contribution in [0.15, 0.2) is 12.1 Å². The zero-order valence-corrected chi connectivity index (χ0v) is 10.2. The number of hydrogen-bond donors (Lipinski definition) is 1. The summed E-state index contributed by atoms with van der Waals surface area (Å²) in [5.74, 6) is 0. The molecule has 1 aromatic heterocycles. The second-order valence-electron chi connectivity index (χ2n) is 4.95. The standard InChI is InChI=1S/C12H15ClN2/c1-7-8-5-9(12(2,3)4)10(13)6-11(8)15-14-7/h5-6H,1-4H3,(H,14,15). The summed E-state index contributed by atoms with van der Waals surface area (Å²) in [5, 5.41) is 9.12. The first-order valence-corrected chi connectivity index (χ1v) is 5.42. The van der Waals surface area contributed by atoms with E-state index < -0.39 is 0 Å². The van der Waals surface area contributed by atoms with Crippen molar-refractivity contribution in [3.05, 3.63) is 28.4 Å². The van der Waals surface area contributed by atoms with Crippen LogP contribution in [0, 0.1) is 6.92 Å². The second-order valence-corrected chi connectivity index (χ2v) is 5.36. The molecule has 15 heavy (non-hydrogen) atoms. The van der Waals surface area contributed by atoms with Crippen molar-refractivity contribution in [3.63, 3.8) is 0 Å². The molecule has 1 heterocycles. The summed E-state index contributed by atoms with van der Waals surface area (Å²) in [5.41, 5.74) is 3.26. The van der Waals surface area contributed by atoms with Gasteiger partial charge >= 0.3 is 0 Å². The minimum absolute atomic E-state index is 0.0645. The Morgan fingerprint density at radius 1 is 1.27 bits per heavy atom. The lowest BCUT2D eigenvalue weighted by atomic mass is 9.86. The normalized spacial score (nSPS) is 12.3. The van der Waals surface area contributed by atoms with Gasteiger partial charge in [-0.25, -0.2) is 0 Å². The highest BCUT2D eigenvalue weighted by Crippen LogP contribution is 2.33. The molecule has 2 aromatic rings. The molecular formula is C12H15ClN2. The summed E-state index contributed by atoms with van der Waals surface area (Å²) >= 11 is 6.24. The number of aryl methyl sites for hydroxylation is 1. The van der Waals surface area contributed by atoms with E-state index in [0.717, 1.165) is 21.6 Å². The van der Waals surface area contributed by atoms with E-state index in [0.29, 0.717) is 0 Å². The number of nitrogens with zero attached hydrogens (tertiary/aromatic N) is 1. The molecule has 2 nitrogen and oxygen atoms in total. The molecule has 0 spiro atoms. The maximum Gasteiger partial charge on any atom is 0.0938 e. The quantitative estimate of drug-likeness (QED) is 0.721. The van der Waals surface area contributed by atoms with Crippen LogP contribution in [0.25, 0.3) is 10.9 Å². The van der Waals surface area contributed by atoms with Crippen LogP contribution in [-0.4, -0.2) is 10.2 Å². The molecule has 0 atom stereocenters. The van der Waals surface area contributed by atoms with Crippen molar-refractivity contribution in [1.82, 2.24) is 10.2 Å². The Labute approximate surface area is 94.6 Å². The van der Waals surface area contributed by atoms with Gasteiger partial charge in [-0.1, -0.05) is 32.4 Å². The molecule has 0 unspecified atom stereocenters. The highest BCUT2D eigenvalue weighted by atomic mass is 35.5. The number of hydrogen-bond acceptors (Lipinski definition) is 1. The fourth-order valence-corrected chi connectivity index (χ4v) is 2.18. The first-order chi connectivity index (χ1) is 6.89. The monoisotopic (exact) mass is 222 g/mol. The van der Waals surface area contributed by atoms with Crippen LogP contribution < -0.4 is 0 Å². The van der Waals surface area contributed by atoms with Crippen molar-refractivity contribution in [2.75, 3.05) is 0 Å². The number of aromatic nitrogens is 2. The second kappa shape index (κ2) is 3.24. The van der Waals surface area contributed by atoms with Crippen molar-refractivity contribution in [1.29, 1.82) is 0 Å². The highest BCUT2D eigenvalue weighted by molar-refractivity contribution is 6.32. The van der Waals surface area contributed by atoms with Crippen LogP contribution in [0.5, 0.6) is 0 Å². The third-order valence-electron chi connectivity index (χ3n) is 2.64. The zero-order valence-electron chi connectivity index (χ0n) is 9.48. The molecule has 0 fully saturated rings. The molecule has 80 valence electrons. The summed E-state index contributed by atoms with van der Waals surface area (Å²) < 4.78 is 0. The van der Waals surface area contributed by atoms with E-state index in [1.54, 1.807) is 0 Å². The lowest BCUT2D eigenvalue weighted by Gasteiger charge is -2.20. The van der Waals surface area contributed by atoms with E-state index in [9.17, 15) is 0 Å². The van der Waals surface area contributed by atoms with Gasteiger partial charge in [0.25, 0.3) is 0 Å². The fourth-order valence-electron chi connectivity index (χ4n) is 1.73. The van der Waals surface area contributed by atoms with Gasteiger partial charge in [0.1, 0.15) is 0 Å². The first-order valence-electron chi connectivity index (χ1n) is 5.04. The molecule has 2 rings (SSSR count). The van der Waals surface area contributed by atoms with E-state index in [-0.39, 0.29) is 5.41 Å². The number of halogens is 1. The van der Waals surface area contributed by atoms with E-state index in [4.69, 9.17) is 11.6 Å². The predicted octanol–water partition coefficient (Wildman–Crippen LogP) is 3.82. The Morgan fingerprint density at radius 3 is 2.53 bits per heavy atom. The number of H-pyrrole nitrogens is 1. The Bertz CT molecular complexity index is 506. The molecule has 0 amide bonds. The maximum atomic E-state index is 6.24. The largest absolute Gasteiger partial charge is 0.282 e. The number of nitrogens with one attached hydrogen (secondary N) is 1. The summed E-state index contributed by atoms with van der Waals surface area (Å²) in [6.45, 7) is 8.51. The third-order valence-corrected chi connectivity index (χ3v) is 2.95. The average Bonchev–Trinajstić information content (AvgIpc) is 2.44. The van der Waals surface area contributed by atoms with Crippen LogP contribution in [0.3, 0.4) is 0 Å². The Kier molecular flexibility index (Phi) is 2.27. The van der Waals surface area contributed by atoms with Gasteiger partial charge in [0.15, 0.2) is 0 Å². The summed E-state index contributed by atoms with van der Waals surface area (Å²) in [6.07, 6.45) is 0. The van der Waals surface area contributed by atoms with Gasteiger partial charge in [0.05, 0.1) is 5.52 Å². The van der Waals surface area contributed by atoms with Gasteiger partial charge in [0, 0.05) is 16.1 Å². The molecule has 0 saturated carbocycles. The number of fused-ring (bicyclic) bond motifs is 1. The third kappa shape index (κ3) is 1.74. The van der Waals surface area contributed by atoms with Gasteiger partial charge in [-0.2, -0.15) is 5.10 Å². The average molecular weight is 223 g/mol. The lowest BCUT2D eigenvalue weighted by Crippen LogP contribution is -2.11. The molecule has 0 saturated heterocycles. The molecule has 1 N–H and O–H groups in total. The maximum absolute atomic E-state index is 6.24. The molecule has 1 aromatic carbocycles. The van der Waals surface area contributed by atoms with Crippen molar-refractivity contribution < 1.29 is 0 Å². The first kappa shape index (κ1) is 10.5. The van der Waals surface area contributed by atoms with Gasteiger partial charge < -0.3 is 0 Å². The minimum Gasteiger partial charge on any atom is -0.282 e. The van der Waals surface area contributed by atoms with Gasteiger partial charge in [-0.05, 0) is 30.0 Å². The lowest BCUT2D eigenvalue weighted by molar-refractivity contribution is 0.591. The van der Waals surface area contributed by atoms with Gasteiger partial charge in [0.2, 0.25) is 0 Å². The minimum atomic E-state index is 0.0645. The van der Waals surface area contributed by atoms with Crippen LogP contribution in [-0.2, 0) is 5.41 Å². The van der Waals surface area contributed by atoms with Crippen molar-refractivity contribution >= 4 is 22.5 Å². The van der Waals surface area contributed by atoms with E-state index in [1.165, 1.54) is 5.56 Å². The number of rotatable bonds is 0. The topological polar surface area (TPSA) is 28.7 Å². The van der Waals surface area contributed by atoms with Crippen LogP contribution >= 0.6 is 11.6 Å². The molecule has 0 aliphatic rings. The molecular weight excluding hydrogens is 208 g/mol. The Hall–Kier alpha value is -1.02. The summed E-state index contributed by atoms with van der Waals surface area (Å²) in [6, 6.07) is 4.07.